The number of aliphatic imine (C=N–C) groups is 1. The molecule has 0 fully saturated rings. The topological polar surface area (TPSA) is 74.5 Å². The van der Waals surface area contributed by atoms with Crippen molar-refractivity contribution in [2.75, 3.05) is 10.3 Å². The number of amides is 2. The van der Waals surface area contributed by atoms with Crippen LogP contribution in [0.25, 0.3) is 0 Å². The molecule has 3 heterocycles. The van der Waals surface area contributed by atoms with Gasteiger partial charge in [-0.05, 0) is 23.6 Å². The quantitative estimate of drug-likeness (QED) is 0.770. The van der Waals surface area contributed by atoms with Crippen LogP contribution in [0.5, 0.6) is 0 Å². The first kappa shape index (κ1) is 14.5. The van der Waals surface area contributed by atoms with Crippen LogP contribution in [0.1, 0.15) is 5.56 Å². The Labute approximate surface area is 142 Å². The van der Waals surface area contributed by atoms with Gasteiger partial charge in [0.1, 0.15) is 0 Å². The van der Waals surface area contributed by atoms with Crippen molar-refractivity contribution in [2.24, 2.45) is 4.99 Å². The summed E-state index contributed by atoms with van der Waals surface area (Å²) in [6.45, 7) is 0.633. The first-order valence-corrected chi connectivity index (χ1v) is 8.28. The number of carbonyl (C=O) groups is 1. The molecular weight excluding hydrogens is 324 g/mol. The Morgan fingerprint density at radius 2 is 2.17 bits per heavy atom. The maximum Gasteiger partial charge on any atom is 0.347 e. The summed E-state index contributed by atoms with van der Waals surface area (Å²) in [7, 11) is 0. The summed E-state index contributed by atoms with van der Waals surface area (Å²) in [5.74, 6) is 0.637. The number of nitrogens with one attached hydrogen (secondary N) is 2. The number of hydrogen-bond donors (Lipinski definition) is 2. The number of aromatic nitrogens is 2. The number of hydrogen-bond acceptors (Lipinski definition) is 5. The summed E-state index contributed by atoms with van der Waals surface area (Å²) in [5.41, 5.74) is 2.38. The van der Waals surface area contributed by atoms with Gasteiger partial charge in [0, 0.05) is 17.5 Å². The van der Waals surface area contributed by atoms with Gasteiger partial charge in [0.15, 0.2) is 5.82 Å². The molecular formula is C16H14N6OS. The lowest BCUT2D eigenvalue weighted by Gasteiger charge is -2.24. The van der Waals surface area contributed by atoms with Crippen LogP contribution in [0.15, 0.2) is 58.3 Å². The molecule has 0 saturated carbocycles. The van der Waals surface area contributed by atoms with E-state index in [0.717, 1.165) is 11.3 Å². The highest BCUT2D eigenvalue weighted by Gasteiger charge is 2.24. The zero-order chi connectivity index (χ0) is 16.4. The lowest BCUT2D eigenvalue weighted by molar-refractivity contribution is 0.254. The highest BCUT2D eigenvalue weighted by molar-refractivity contribution is 7.08. The fourth-order valence-electron chi connectivity index (χ4n) is 2.43. The fraction of sp³-hybridized carbons (Fsp3) is 0.0625. The molecule has 120 valence electrons. The number of carbonyl (C=O) groups excluding carboxylic acids is 1. The molecule has 0 unspecified atom stereocenters. The molecule has 4 rings (SSSR count). The van der Waals surface area contributed by atoms with Crippen LogP contribution in [-0.4, -0.2) is 22.3 Å². The molecule has 2 N–H and O–H groups in total. The van der Waals surface area contributed by atoms with Crippen LogP contribution in [0, 0.1) is 0 Å². The smallest absolute Gasteiger partial charge is 0.347 e. The predicted molar refractivity (Wildman–Crippen MR) is 94.9 cm³/mol. The van der Waals surface area contributed by atoms with Crippen LogP contribution in [-0.2, 0) is 6.54 Å². The van der Waals surface area contributed by atoms with E-state index >= 15 is 0 Å². The Balaban J connectivity index is 1.75. The van der Waals surface area contributed by atoms with Crippen LogP contribution < -0.4 is 15.6 Å². The SMILES string of the molecule is O=C(Nc1ccsc1)N(c1ccccc1)n1ncc2c1N=CNC2. The van der Waals surface area contributed by atoms with Gasteiger partial charge >= 0.3 is 6.03 Å². The van der Waals surface area contributed by atoms with Gasteiger partial charge in [-0.3, -0.25) is 0 Å². The summed E-state index contributed by atoms with van der Waals surface area (Å²) in [4.78, 5) is 18.7. The van der Waals surface area contributed by atoms with Gasteiger partial charge in [0.2, 0.25) is 0 Å². The number of nitrogens with zero attached hydrogens (tertiary/aromatic N) is 4. The van der Waals surface area contributed by atoms with Crippen molar-refractivity contribution in [3.05, 3.63) is 58.9 Å². The number of thiophene rings is 1. The van der Waals surface area contributed by atoms with E-state index in [9.17, 15) is 4.79 Å². The third-order valence-corrected chi connectivity index (χ3v) is 4.21. The van der Waals surface area contributed by atoms with Gasteiger partial charge in [0.25, 0.3) is 0 Å². The van der Waals surface area contributed by atoms with E-state index in [2.05, 4.69) is 20.7 Å². The Hall–Kier alpha value is -3.13. The lowest BCUT2D eigenvalue weighted by Crippen LogP contribution is -2.40. The molecule has 24 heavy (non-hydrogen) atoms. The predicted octanol–water partition coefficient (Wildman–Crippen LogP) is 3.21. The lowest BCUT2D eigenvalue weighted by atomic mass is 10.3. The molecule has 0 spiro atoms. The average Bonchev–Trinajstić information content (AvgIpc) is 3.27. The zero-order valence-electron chi connectivity index (χ0n) is 12.6. The van der Waals surface area contributed by atoms with E-state index in [4.69, 9.17) is 0 Å². The van der Waals surface area contributed by atoms with Crippen molar-refractivity contribution in [1.82, 2.24) is 15.2 Å². The summed E-state index contributed by atoms with van der Waals surface area (Å²) in [5, 5.41) is 15.5. The monoisotopic (exact) mass is 338 g/mol. The molecule has 2 aromatic heterocycles. The number of para-hydroxylation sites is 1. The highest BCUT2D eigenvalue weighted by atomic mass is 32.1. The van der Waals surface area contributed by atoms with Gasteiger partial charge in [-0.2, -0.15) is 21.4 Å². The molecule has 0 aliphatic carbocycles. The number of rotatable bonds is 3. The van der Waals surface area contributed by atoms with Crippen molar-refractivity contribution in [3.8, 4) is 0 Å². The van der Waals surface area contributed by atoms with E-state index in [-0.39, 0.29) is 6.03 Å². The van der Waals surface area contributed by atoms with Gasteiger partial charge in [-0.25, -0.2) is 9.79 Å². The van der Waals surface area contributed by atoms with Crippen LogP contribution >= 0.6 is 11.3 Å². The molecule has 3 aromatic rings. The van der Waals surface area contributed by atoms with E-state index in [1.165, 1.54) is 21.1 Å². The molecule has 1 aliphatic heterocycles. The molecule has 2 amide bonds. The molecule has 0 atom stereocenters. The Morgan fingerprint density at radius 1 is 1.29 bits per heavy atom. The fourth-order valence-corrected chi connectivity index (χ4v) is 3.01. The summed E-state index contributed by atoms with van der Waals surface area (Å²) in [6, 6.07) is 10.9. The van der Waals surface area contributed by atoms with Crippen molar-refractivity contribution >= 4 is 40.9 Å². The minimum Gasteiger partial charge on any atom is -0.372 e. The summed E-state index contributed by atoms with van der Waals surface area (Å²) in [6.07, 6.45) is 3.33. The molecule has 0 saturated heterocycles. The second-order valence-electron chi connectivity index (χ2n) is 5.11. The van der Waals surface area contributed by atoms with Crippen molar-refractivity contribution in [3.63, 3.8) is 0 Å². The maximum atomic E-state index is 12.9. The molecule has 0 radical (unpaired) electrons. The van der Waals surface area contributed by atoms with Gasteiger partial charge in [-0.1, -0.05) is 18.2 Å². The standard InChI is InChI=1S/C16H14N6OS/c23-16(20-13-6-7-24-10-13)21(14-4-2-1-3-5-14)22-15-12(9-19-22)8-17-11-18-15/h1-7,9-11H,8H2,(H,17,18)(H,20,23). The summed E-state index contributed by atoms with van der Waals surface area (Å²) >= 11 is 1.52. The second-order valence-corrected chi connectivity index (χ2v) is 5.89. The third kappa shape index (κ3) is 2.63. The molecule has 7 nitrogen and oxygen atoms in total. The normalized spacial score (nSPS) is 12.3. The first-order valence-electron chi connectivity index (χ1n) is 7.34. The Kier molecular flexibility index (Phi) is 3.72. The zero-order valence-corrected chi connectivity index (χ0v) is 13.4. The minimum atomic E-state index is -0.306. The highest BCUT2D eigenvalue weighted by Crippen LogP contribution is 2.26. The third-order valence-electron chi connectivity index (χ3n) is 3.53. The van der Waals surface area contributed by atoms with Crippen LogP contribution in [0.2, 0.25) is 0 Å². The van der Waals surface area contributed by atoms with Crippen LogP contribution in [0.3, 0.4) is 0 Å². The van der Waals surface area contributed by atoms with E-state index < -0.39 is 0 Å². The van der Waals surface area contributed by atoms with Crippen molar-refractivity contribution < 1.29 is 4.79 Å². The summed E-state index contributed by atoms with van der Waals surface area (Å²) < 4.78 is 0. The van der Waals surface area contributed by atoms with E-state index in [0.29, 0.717) is 18.1 Å². The Morgan fingerprint density at radius 3 is 2.96 bits per heavy atom. The average molecular weight is 338 g/mol. The van der Waals surface area contributed by atoms with Gasteiger partial charge < -0.3 is 10.6 Å². The Bertz CT molecular complexity index is 871. The largest absolute Gasteiger partial charge is 0.372 e. The minimum absolute atomic E-state index is 0.306. The number of urea groups is 1. The number of anilines is 2. The molecule has 8 heteroatoms. The number of fused-ring (bicyclic) bond motifs is 1. The van der Waals surface area contributed by atoms with Crippen LogP contribution in [0.4, 0.5) is 22.0 Å². The van der Waals surface area contributed by atoms with Gasteiger partial charge in [-0.15, -0.1) is 4.79 Å². The maximum absolute atomic E-state index is 12.9. The van der Waals surface area contributed by atoms with Crippen molar-refractivity contribution in [1.29, 1.82) is 0 Å². The number of benzene rings is 1. The first-order chi connectivity index (χ1) is 11.8. The van der Waals surface area contributed by atoms with E-state index in [1.807, 2.05) is 47.2 Å². The van der Waals surface area contributed by atoms with E-state index in [1.54, 1.807) is 12.5 Å². The second kappa shape index (κ2) is 6.17. The van der Waals surface area contributed by atoms with Crippen molar-refractivity contribution in [2.45, 2.75) is 6.54 Å². The van der Waals surface area contributed by atoms with Gasteiger partial charge in [0.05, 0.1) is 23.9 Å². The molecule has 1 aliphatic rings. The molecule has 1 aromatic carbocycles. The molecule has 0 bridgehead atoms.